The molecule has 2 atom stereocenters. The molecular formula is C13H24O2. The van der Waals surface area contributed by atoms with Crippen molar-refractivity contribution >= 4 is 5.97 Å². The number of hydrogen-bond acceptors (Lipinski definition) is 2. The molecular weight excluding hydrogens is 188 g/mol. The minimum Gasteiger partial charge on any atom is -0.463 e. The van der Waals surface area contributed by atoms with Crippen molar-refractivity contribution in [3.8, 4) is 0 Å². The second kappa shape index (κ2) is 5.00. The molecule has 1 saturated carbocycles. The number of esters is 1. The van der Waals surface area contributed by atoms with Crippen molar-refractivity contribution in [1.82, 2.24) is 0 Å². The van der Waals surface area contributed by atoms with Gasteiger partial charge in [-0.1, -0.05) is 27.2 Å². The van der Waals surface area contributed by atoms with Gasteiger partial charge in [-0.25, -0.2) is 0 Å². The predicted molar refractivity (Wildman–Crippen MR) is 61.6 cm³/mol. The molecule has 2 nitrogen and oxygen atoms in total. The minimum absolute atomic E-state index is 0.130. The molecule has 0 aromatic heterocycles. The molecule has 0 spiro atoms. The van der Waals surface area contributed by atoms with Crippen LogP contribution in [0.25, 0.3) is 0 Å². The van der Waals surface area contributed by atoms with Crippen LogP contribution in [0.2, 0.25) is 0 Å². The maximum atomic E-state index is 10.9. The Morgan fingerprint density at radius 3 is 2.60 bits per heavy atom. The van der Waals surface area contributed by atoms with Crippen LogP contribution in [-0.4, -0.2) is 12.1 Å². The van der Waals surface area contributed by atoms with Gasteiger partial charge in [0, 0.05) is 6.92 Å². The standard InChI is InChI=1S/C13H24O2/c1-5-13(3,4)11-7-6-8-12(9-11)15-10(2)14/h11-12H,5-9H2,1-4H3. The average molecular weight is 212 g/mol. The lowest BCUT2D eigenvalue weighted by Crippen LogP contribution is -2.32. The second-order valence-electron chi connectivity index (χ2n) is 5.44. The van der Waals surface area contributed by atoms with Crippen LogP contribution in [0.15, 0.2) is 0 Å². The van der Waals surface area contributed by atoms with Gasteiger partial charge in [-0.05, 0) is 37.0 Å². The number of ether oxygens (including phenoxy) is 1. The van der Waals surface area contributed by atoms with Crippen LogP contribution in [0.1, 0.15) is 59.8 Å². The van der Waals surface area contributed by atoms with E-state index in [9.17, 15) is 4.79 Å². The topological polar surface area (TPSA) is 26.3 Å². The minimum atomic E-state index is -0.130. The normalized spacial score (nSPS) is 27.5. The predicted octanol–water partition coefficient (Wildman–Crippen LogP) is 3.54. The number of hydrogen-bond donors (Lipinski definition) is 0. The van der Waals surface area contributed by atoms with E-state index in [1.165, 1.54) is 26.2 Å². The Balaban J connectivity index is 2.52. The molecule has 0 aliphatic heterocycles. The Morgan fingerprint density at radius 1 is 1.40 bits per heavy atom. The third-order valence-corrected chi connectivity index (χ3v) is 3.98. The second-order valence-corrected chi connectivity index (χ2v) is 5.44. The van der Waals surface area contributed by atoms with Crippen molar-refractivity contribution in [3.05, 3.63) is 0 Å². The number of carbonyl (C=O) groups is 1. The molecule has 2 unspecified atom stereocenters. The fourth-order valence-electron chi connectivity index (χ4n) is 2.49. The van der Waals surface area contributed by atoms with Crippen LogP contribution in [0.4, 0.5) is 0 Å². The highest BCUT2D eigenvalue weighted by Crippen LogP contribution is 2.41. The molecule has 1 rings (SSSR count). The van der Waals surface area contributed by atoms with Gasteiger partial charge in [0.2, 0.25) is 0 Å². The first-order valence-corrected chi connectivity index (χ1v) is 6.13. The number of rotatable bonds is 3. The van der Waals surface area contributed by atoms with Gasteiger partial charge in [-0.15, -0.1) is 0 Å². The van der Waals surface area contributed by atoms with Crippen molar-refractivity contribution in [3.63, 3.8) is 0 Å². The van der Waals surface area contributed by atoms with Gasteiger partial charge < -0.3 is 4.74 Å². The summed E-state index contributed by atoms with van der Waals surface area (Å²) in [5.41, 5.74) is 0.388. The summed E-state index contributed by atoms with van der Waals surface area (Å²) < 4.78 is 5.32. The van der Waals surface area contributed by atoms with E-state index in [4.69, 9.17) is 4.74 Å². The monoisotopic (exact) mass is 212 g/mol. The first-order chi connectivity index (χ1) is 6.95. The van der Waals surface area contributed by atoms with Gasteiger partial charge in [-0.3, -0.25) is 4.79 Å². The first kappa shape index (κ1) is 12.5. The third kappa shape index (κ3) is 3.51. The lowest BCUT2D eigenvalue weighted by molar-refractivity contribution is -0.149. The summed E-state index contributed by atoms with van der Waals surface area (Å²) in [6, 6.07) is 0. The van der Waals surface area contributed by atoms with Crippen molar-refractivity contribution in [2.45, 2.75) is 65.9 Å². The first-order valence-electron chi connectivity index (χ1n) is 6.13. The van der Waals surface area contributed by atoms with Crippen LogP contribution >= 0.6 is 0 Å². The van der Waals surface area contributed by atoms with E-state index in [0.717, 1.165) is 12.8 Å². The van der Waals surface area contributed by atoms with E-state index in [1.54, 1.807) is 0 Å². The molecule has 2 heteroatoms. The summed E-state index contributed by atoms with van der Waals surface area (Å²) >= 11 is 0. The van der Waals surface area contributed by atoms with Crippen LogP contribution in [0.5, 0.6) is 0 Å². The summed E-state index contributed by atoms with van der Waals surface area (Å²) in [7, 11) is 0. The fraction of sp³-hybridized carbons (Fsp3) is 0.923. The Labute approximate surface area is 93.4 Å². The highest BCUT2D eigenvalue weighted by molar-refractivity contribution is 5.66. The van der Waals surface area contributed by atoms with E-state index >= 15 is 0 Å². The zero-order valence-electron chi connectivity index (χ0n) is 10.5. The SMILES string of the molecule is CCC(C)(C)C1CCCC(OC(C)=O)C1. The molecule has 1 fully saturated rings. The average Bonchev–Trinajstić information content (AvgIpc) is 2.17. The lowest BCUT2D eigenvalue weighted by Gasteiger charge is -2.39. The van der Waals surface area contributed by atoms with Crippen LogP contribution in [0.3, 0.4) is 0 Å². The summed E-state index contributed by atoms with van der Waals surface area (Å²) in [6.07, 6.45) is 5.97. The van der Waals surface area contributed by atoms with Crippen molar-refractivity contribution in [2.24, 2.45) is 11.3 Å². The molecule has 0 radical (unpaired) electrons. The van der Waals surface area contributed by atoms with Gasteiger partial charge in [0.15, 0.2) is 0 Å². The Hall–Kier alpha value is -0.530. The summed E-state index contributed by atoms with van der Waals surface area (Å²) in [6.45, 7) is 8.41. The van der Waals surface area contributed by atoms with E-state index in [2.05, 4.69) is 20.8 Å². The number of carbonyl (C=O) groups excluding carboxylic acids is 1. The van der Waals surface area contributed by atoms with Crippen molar-refractivity contribution in [2.75, 3.05) is 0 Å². The van der Waals surface area contributed by atoms with Crippen LogP contribution < -0.4 is 0 Å². The van der Waals surface area contributed by atoms with Crippen molar-refractivity contribution < 1.29 is 9.53 Å². The molecule has 15 heavy (non-hydrogen) atoms. The molecule has 1 aliphatic carbocycles. The molecule has 0 aromatic carbocycles. The Morgan fingerprint density at radius 2 is 2.07 bits per heavy atom. The van der Waals surface area contributed by atoms with Crippen molar-refractivity contribution in [1.29, 1.82) is 0 Å². The summed E-state index contributed by atoms with van der Waals surface area (Å²) in [4.78, 5) is 10.9. The molecule has 0 saturated heterocycles. The van der Waals surface area contributed by atoms with E-state index in [-0.39, 0.29) is 12.1 Å². The molecule has 0 heterocycles. The van der Waals surface area contributed by atoms with Gasteiger partial charge in [0.1, 0.15) is 6.10 Å². The highest BCUT2D eigenvalue weighted by atomic mass is 16.5. The molecule has 1 aliphatic rings. The van der Waals surface area contributed by atoms with E-state index in [0.29, 0.717) is 11.3 Å². The Kier molecular flexibility index (Phi) is 4.18. The summed E-state index contributed by atoms with van der Waals surface area (Å²) in [5.74, 6) is 0.579. The Bertz CT molecular complexity index is 221. The zero-order chi connectivity index (χ0) is 11.5. The molecule has 0 amide bonds. The highest BCUT2D eigenvalue weighted by Gasteiger charge is 2.33. The maximum Gasteiger partial charge on any atom is 0.302 e. The zero-order valence-corrected chi connectivity index (χ0v) is 10.5. The third-order valence-electron chi connectivity index (χ3n) is 3.98. The summed E-state index contributed by atoms with van der Waals surface area (Å²) in [5, 5.41) is 0. The van der Waals surface area contributed by atoms with Gasteiger partial charge in [-0.2, -0.15) is 0 Å². The maximum absolute atomic E-state index is 10.9. The van der Waals surface area contributed by atoms with E-state index < -0.39 is 0 Å². The molecule has 88 valence electrons. The lowest BCUT2D eigenvalue weighted by atomic mass is 9.69. The molecule has 0 aromatic rings. The van der Waals surface area contributed by atoms with Gasteiger partial charge >= 0.3 is 5.97 Å². The van der Waals surface area contributed by atoms with E-state index in [1.807, 2.05) is 0 Å². The smallest absolute Gasteiger partial charge is 0.302 e. The molecule has 0 N–H and O–H groups in total. The van der Waals surface area contributed by atoms with Gasteiger partial charge in [0.05, 0.1) is 0 Å². The molecule has 0 bridgehead atoms. The van der Waals surface area contributed by atoms with Crippen LogP contribution in [-0.2, 0) is 9.53 Å². The van der Waals surface area contributed by atoms with Gasteiger partial charge in [0.25, 0.3) is 0 Å². The fourth-order valence-corrected chi connectivity index (χ4v) is 2.49. The van der Waals surface area contributed by atoms with Crippen LogP contribution in [0, 0.1) is 11.3 Å². The largest absolute Gasteiger partial charge is 0.463 e. The quantitative estimate of drug-likeness (QED) is 0.669.